The van der Waals surface area contributed by atoms with E-state index in [-0.39, 0.29) is 6.42 Å². The van der Waals surface area contributed by atoms with E-state index >= 15 is 0 Å². The number of rotatable bonds is 7. The number of nitrogens with one attached hydrogen (secondary N) is 2. The number of carbonyl (C=O) groups is 3. The van der Waals surface area contributed by atoms with Crippen molar-refractivity contribution in [3.8, 4) is 6.07 Å². The Kier molecular flexibility index (Phi) is 7.57. The van der Waals surface area contributed by atoms with Crippen molar-refractivity contribution in [1.82, 2.24) is 5.32 Å². The van der Waals surface area contributed by atoms with Crippen LogP contribution >= 0.6 is 11.6 Å². The highest BCUT2D eigenvalue weighted by Gasteiger charge is 2.23. The maximum atomic E-state index is 12.3. The molecule has 0 radical (unpaired) electrons. The molecule has 0 aliphatic heterocycles. The van der Waals surface area contributed by atoms with Crippen molar-refractivity contribution >= 4 is 35.2 Å². The van der Waals surface area contributed by atoms with E-state index in [1.54, 1.807) is 48.5 Å². The molecule has 29 heavy (non-hydrogen) atoms. The van der Waals surface area contributed by atoms with Crippen molar-refractivity contribution in [1.29, 1.82) is 5.26 Å². The fraction of sp³-hybridized carbons (Fsp3) is 0.200. The predicted octanol–water partition coefficient (Wildman–Crippen LogP) is 2.88. The van der Waals surface area contributed by atoms with E-state index in [1.807, 2.05) is 6.07 Å². The van der Waals surface area contributed by atoms with Crippen molar-refractivity contribution in [2.75, 3.05) is 5.32 Å². The summed E-state index contributed by atoms with van der Waals surface area (Å²) in [6.45, 7) is 1.43. The van der Waals surface area contributed by atoms with E-state index in [0.717, 1.165) is 0 Å². The number of carbonyl (C=O) groups excluding carboxylic acids is 3. The highest BCUT2D eigenvalue weighted by Crippen LogP contribution is 2.20. The monoisotopic (exact) mass is 414 g/mol. The van der Waals surface area contributed by atoms with Crippen LogP contribution in [0.25, 0.3) is 0 Å². The van der Waals surface area contributed by atoms with Gasteiger partial charge in [-0.2, -0.15) is 5.26 Å². The molecule has 2 atom stereocenters. The van der Waals surface area contributed by atoms with Gasteiger partial charge in [-0.05, 0) is 48.9 Å². The number of hydrogen-bond donors (Lipinski definition) is 3. The first kappa shape index (κ1) is 21.7. The topological polar surface area (TPSA) is 134 Å². The van der Waals surface area contributed by atoms with E-state index in [1.165, 1.54) is 6.92 Å². The van der Waals surface area contributed by atoms with Gasteiger partial charge in [0.15, 0.2) is 6.10 Å². The molecule has 0 unspecified atom stereocenters. The minimum atomic E-state index is -1.07. The minimum absolute atomic E-state index is 0.223. The zero-order valence-electron chi connectivity index (χ0n) is 15.5. The lowest BCUT2D eigenvalue weighted by molar-refractivity contribution is -0.153. The van der Waals surface area contributed by atoms with E-state index in [0.29, 0.717) is 21.8 Å². The van der Waals surface area contributed by atoms with Gasteiger partial charge >= 0.3 is 12.0 Å². The number of halogens is 1. The lowest BCUT2D eigenvalue weighted by Gasteiger charge is -2.19. The number of primary amides is 1. The second-order valence-electron chi connectivity index (χ2n) is 6.13. The minimum Gasteiger partial charge on any atom is -0.452 e. The van der Waals surface area contributed by atoms with Crippen LogP contribution in [0.2, 0.25) is 5.02 Å². The van der Waals surface area contributed by atoms with Gasteiger partial charge in [0.1, 0.15) is 0 Å². The van der Waals surface area contributed by atoms with Crippen LogP contribution in [0.1, 0.15) is 30.5 Å². The largest absolute Gasteiger partial charge is 0.452 e. The Morgan fingerprint density at radius 2 is 1.76 bits per heavy atom. The molecule has 8 nitrogen and oxygen atoms in total. The first-order valence-corrected chi connectivity index (χ1v) is 8.98. The van der Waals surface area contributed by atoms with E-state index < -0.39 is 30.1 Å². The van der Waals surface area contributed by atoms with Gasteiger partial charge in [-0.1, -0.05) is 23.7 Å². The third-order valence-electron chi connectivity index (χ3n) is 3.92. The van der Waals surface area contributed by atoms with Crippen LogP contribution in [-0.4, -0.2) is 24.0 Å². The Morgan fingerprint density at radius 3 is 2.31 bits per heavy atom. The molecule has 2 aromatic carbocycles. The van der Waals surface area contributed by atoms with Gasteiger partial charge in [-0.25, -0.2) is 4.79 Å². The van der Waals surface area contributed by atoms with Gasteiger partial charge in [-0.15, -0.1) is 0 Å². The number of hydrogen-bond acceptors (Lipinski definition) is 5. The van der Waals surface area contributed by atoms with Gasteiger partial charge in [-0.3, -0.25) is 9.59 Å². The molecule has 0 fully saturated rings. The highest BCUT2D eigenvalue weighted by atomic mass is 35.5. The van der Waals surface area contributed by atoms with Crippen molar-refractivity contribution in [3.05, 3.63) is 64.7 Å². The van der Waals surface area contributed by atoms with Crippen LogP contribution in [0, 0.1) is 11.3 Å². The number of amides is 3. The summed E-state index contributed by atoms with van der Waals surface area (Å²) in [7, 11) is 0. The SMILES string of the molecule is C[C@H](OC(=O)C[C@H](NC(N)=O)c1ccc(Cl)cc1)C(=O)Nc1ccc(C#N)cc1. The standard InChI is InChI=1S/C20H19ClN4O4/c1-12(19(27)24-16-8-2-13(11-22)3-9-16)29-18(26)10-17(25-20(23)28)14-4-6-15(21)7-5-14/h2-9,12,17H,10H2,1H3,(H,24,27)(H3,23,25,28)/t12-,17-/m0/s1. The second-order valence-corrected chi connectivity index (χ2v) is 6.56. The fourth-order valence-corrected chi connectivity index (χ4v) is 2.58. The summed E-state index contributed by atoms with van der Waals surface area (Å²) >= 11 is 5.85. The molecule has 0 spiro atoms. The second kappa shape index (κ2) is 10.1. The average molecular weight is 415 g/mol. The van der Waals surface area contributed by atoms with Crippen LogP contribution in [0.15, 0.2) is 48.5 Å². The fourth-order valence-electron chi connectivity index (χ4n) is 2.46. The quantitative estimate of drug-likeness (QED) is 0.599. The van der Waals surface area contributed by atoms with E-state index in [2.05, 4.69) is 10.6 Å². The molecular weight excluding hydrogens is 396 g/mol. The zero-order chi connectivity index (χ0) is 21.4. The summed E-state index contributed by atoms with van der Waals surface area (Å²) in [5, 5.41) is 14.3. The normalized spacial score (nSPS) is 12.2. The van der Waals surface area contributed by atoms with Gasteiger partial charge in [0.05, 0.1) is 24.1 Å². The van der Waals surface area contributed by atoms with E-state index in [4.69, 9.17) is 27.3 Å². The maximum Gasteiger partial charge on any atom is 0.312 e. The molecule has 0 aliphatic carbocycles. The van der Waals surface area contributed by atoms with Crippen molar-refractivity contribution in [2.45, 2.75) is 25.5 Å². The molecule has 0 saturated carbocycles. The number of ether oxygens (including phenoxy) is 1. The van der Waals surface area contributed by atoms with Crippen molar-refractivity contribution < 1.29 is 19.1 Å². The van der Waals surface area contributed by atoms with Crippen molar-refractivity contribution in [3.63, 3.8) is 0 Å². The molecule has 4 N–H and O–H groups in total. The number of urea groups is 1. The molecule has 0 heterocycles. The number of nitrogens with zero attached hydrogens (tertiary/aromatic N) is 1. The van der Waals surface area contributed by atoms with Crippen LogP contribution in [0.5, 0.6) is 0 Å². The average Bonchev–Trinajstić information content (AvgIpc) is 2.68. The third-order valence-corrected chi connectivity index (χ3v) is 4.17. The van der Waals surface area contributed by atoms with E-state index in [9.17, 15) is 14.4 Å². The molecule has 0 saturated heterocycles. The number of nitriles is 1. The summed E-state index contributed by atoms with van der Waals surface area (Å²) in [6.07, 6.45) is -1.29. The Balaban J connectivity index is 1.96. The Labute approximate surface area is 172 Å². The predicted molar refractivity (Wildman–Crippen MR) is 107 cm³/mol. The van der Waals surface area contributed by atoms with Crippen LogP contribution in [0.3, 0.4) is 0 Å². The van der Waals surface area contributed by atoms with Crippen LogP contribution in [-0.2, 0) is 14.3 Å². The molecule has 9 heteroatoms. The summed E-state index contributed by atoms with van der Waals surface area (Å²) < 4.78 is 5.17. The number of esters is 1. The molecule has 2 aromatic rings. The number of anilines is 1. The summed E-state index contributed by atoms with van der Waals surface area (Å²) in [5.41, 5.74) is 6.71. The molecule has 2 rings (SSSR count). The van der Waals surface area contributed by atoms with Gasteiger partial charge < -0.3 is 21.1 Å². The molecular formula is C20H19ClN4O4. The number of benzene rings is 2. The molecule has 150 valence electrons. The molecule has 0 bridgehead atoms. The lowest BCUT2D eigenvalue weighted by Crippen LogP contribution is -2.36. The zero-order valence-corrected chi connectivity index (χ0v) is 16.3. The van der Waals surface area contributed by atoms with Gasteiger partial charge in [0.2, 0.25) is 0 Å². The Morgan fingerprint density at radius 1 is 1.14 bits per heavy atom. The lowest BCUT2D eigenvalue weighted by atomic mass is 10.0. The summed E-state index contributed by atoms with van der Waals surface area (Å²) in [4.78, 5) is 35.7. The maximum absolute atomic E-state index is 12.3. The number of nitrogens with two attached hydrogens (primary N) is 1. The van der Waals surface area contributed by atoms with Gasteiger partial charge in [0.25, 0.3) is 5.91 Å². The highest BCUT2D eigenvalue weighted by molar-refractivity contribution is 6.30. The molecule has 0 aliphatic rings. The molecule has 0 aromatic heterocycles. The smallest absolute Gasteiger partial charge is 0.312 e. The Hall–Kier alpha value is -3.57. The summed E-state index contributed by atoms with van der Waals surface area (Å²) in [5.74, 6) is -1.23. The Bertz CT molecular complexity index is 923. The van der Waals surface area contributed by atoms with Crippen LogP contribution < -0.4 is 16.4 Å². The van der Waals surface area contributed by atoms with Crippen molar-refractivity contribution in [2.24, 2.45) is 5.73 Å². The first-order chi connectivity index (χ1) is 13.8. The first-order valence-electron chi connectivity index (χ1n) is 8.60. The third kappa shape index (κ3) is 6.83. The van der Waals surface area contributed by atoms with Crippen LogP contribution in [0.4, 0.5) is 10.5 Å². The summed E-state index contributed by atoms with van der Waals surface area (Å²) in [6, 6.07) is 13.2. The molecule has 3 amide bonds. The van der Waals surface area contributed by atoms with Gasteiger partial charge in [0, 0.05) is 10.7 Å².